The molecule has 2 aliphatic rings. The standard InChI is InChI=1S/C22H19F3N2O6S2/c23-13-1-8-19(17(24)9-13)33-11-20(28)27(26-12-34-22(25)18(26)10-21(29)30)14-2-4-15(5-3-14)35(31,32)16-6-7-16/h1-5,8-9,16H,6-7,10-12H2,(H,29,30). The molecule has 2 aromatic carbocycles. The lowest BCUT2D eigenvalue weighted by Crippen LogP contribution is -2.47. The predicted octanol–water partition coefficient (Wildman–Crippen LogP) is 3.85. The summed E-state index contributed by atoms with van der Waals surface area (Å²) >= 11 is 0.677. The van der Waals surface area contributed by atoms with E-state index in [-0.39, 0.29) is 22.2 Å². The first-order valence-electron chi connectivity index (χ1n) is 10.3. The SMILES string of the molecule is O=C(O)CC1=C(F)SCN1N(C(=O)COc1ccc(F)cc1F)c1ccc(S(=O)(=O)C2CC2)cc1. The molecule has 0 saturated heterocycles. The second-order valence-electron chi connectivity index (χ2n) is 7.77. The number of nitrogens with zero attached hydrogens (tertiary/aromatic N) is 2. The van der Waals surface area contributed by atoms with Crippen molar-refractivity contribution in [3.05, 3.63) is 65.0 Å². The van der Waals surface area contributed by atoms with Crippen LogP contribution >= 0.6 is 11.8 Å². The van der Waals surface area contributed by atoms with Gasteiger partial charge < -0.3 is 9.84 Å². The molecule has 0 unspecified atom stereocenters. The topological polar surface area (TPSA) is 104 Å². The summed E-state index contributed by atoms with van der Waals surface area (Å²) in [6, 6.07) is 7.82. The van der Waals surface area contributed by atoms with E-state index in [0.29, 0.717) is 30.7 Å². The van der Waals surface area contributed by atoms with Crippen molar-refractivity contribution >= 4 is 39.2 Å². The van der Waals surface area contributed by atoms with Gasteiger partial charge in [-0.25, -0.2) is 22.2 Å². The first-order chi connectivity index (χ1) is 16.6. The molecule has 1 saturated carbocycles. The minimum Gasteiger partial charge on any atom is -0.481 e. The maximum Gasteiger partial charge on any atom is 0.309 e. The van der Waals surface area contributed by atoms with Crippen LogP contribution in [-0.2, 0) is 19.4 Å². The maximum atomic E-state index is 14.4. The molecule has 0 spiro atoms. The number of aliphatic carboxylic acids is 1. The Kier molecular flexibility index (Phi) is 6.99. The molecular weight excluding hydrogens is 509 g/mol. The number of anilines is 1. The third-order valence-electron chi connectivity index (χ3n) is 5.27. The summed E-state index contributed by atoms with van der Waals surface area (Å²) in [7, 11) is -3.50. The molecule has 1 aliphatic heterocycles. The zero-order valence-corrected chi connectivity index (χ0v) is 19.6. The molecule has 8 nitrogen and oxygen atoms in total. The first-order valence-corrected chi connectivity index (χ1v) is 12.9. The van der Waals surface area contributed by atoms with Gasteiger partial charge in [0, 0.05) is 6.07 Å². The maximum absolute atomic E-state index is 14.4. The molecule has 186 valence electrons. The van der Waals surface area contributed by atoms with Crippen LogP contribution in [0, 0.1) is 11.6 Å². The van der Waals surface area contributed by atoms with Crippen LogP contribution in [0.1, 0.15) is 19.3 Å². The second-order valence-corrected chi connectivity index (χ2v) is 10.9. The second kappa shape index (κ2) is 9.82. The molecule has 1 heterocycles. The number of sulfone groups is 1. The summed E-state index contributed by atoms with van der Waals surface area (Å²) in [4.78, 5) is 24.5. The van der Waals surface area contributed by atoms with E-state index in [2.05, 4.69) is 0 Å². The Labute approximate surface area is 202 Å². The Morgan fingerprint density at radius 3 is 2.40 bits per heavy atom. The smallest absolute Gasteiger partial charge is 0.309 e. The lowest BCUT2D eigenvalue weighted by atomic mass is 10.3. The van der Waals surface area contributed by atoms with Crippen molar-refractivity contribution in [2.45, 2.75) is 29.4 Å². The van der Waals surface area contributed by atoms with E-state index in [1.54, 1.807) is 0 Å². The Bertz CT molecular complexity index is 1300. The number of halogens is 3. The molecule has 2 aromatic rings. The van der Waals surface area contributed by atoms with Gasteiger partial charge >= 0.3 is 5.97 Å². The zero-order valence-electron chi connectivity index (χ0n) is 18.0. The molecule has 35 heavy (non-hydrogen) atoms. The number of ether oxygens (including phenoxy) is 1. The third-order valence-corrected chi connectivity index (χ3v) is 8.41. The number of carbonyl (C=O) groups is 2. The van der Waals surface area contributed by atoms with Crippen LogP contribution in [-0.4, -0.2) is 48.1 Å². The predicted molar refractivity (Wildman–Crippen MR) is 121 cm³/mol. The van der Waals surface area contributed by atoms with Gasteiger partial charge in [0.25, 0.3) is 5.91 Å². The fraction of sp³-hybridized carbons (Fsp3) is 0.273. The number of hydrogen-bond acceptors (Lipinski definition) is 7. The van der Waals surface area contributed by atoms with Gasteiger partial charge in [0.1, 0.15) is 5.82 Å². The van der Waals surface area contributed by atoms with Crippen LogP contribution in [0.5, 0.6) is 5.75 Å². The lowest BCUT2D eigenvalue weighted by molar-refractivity contribution is -0.136. The largest absolute Gasteiger partial charge is 0.481 e. The van der Waals surface area contributed by atoms with E-state index < -0.39 is 62.5 Å². The van der Waals surface area contributed by atoms with Gasteiger partial charge in [-0.3, -0.25) is 14.6 Å². The van der Waals surface area contributed by atoms with E-state index in [1.165, 1.54) is 24.3 Å². The quantitative estimate of drug-likeness (QED) is 0.524. The minimum absolute atomic E-state index is 0.0593. The van der Waals surface area contributed by atoms with Gasteiger partial charge in [-0.2, -0.15) is 4.39 Å². The number of carbonyl (C=O) groups excluding carboxylic acids is 1. The summed E-state index contributed by atoms with van der Waals surface area (Å²) in [5, 5.41) is 10.0. The molecule has 1 N–H and O–H groups in total. The Balaban J connectivity index is 1.64. The van der Waals surface area contributed by atoms with Gasteiger partial charge in [0.15, 0.2) is 33.2 Å². The third kappa shape index (κ3) is 5.40. The molecule has 0 atom stereocenters. The molecule has 13 heteroatoms. The minimum atomic E-state index is -3.50. The first kappa shape index (κ1) is 24.9. The van der Waals surface area contributed by atoms with Crippen molar-refractivity contribution in [1.29, 1.82) is 0 Å². The number of hydrazine groups is 1. The van der Waals surface area contributed by atoms with Crippen molar-refractivity contribution in [2.75, 3.05) is 17.5 Å². The number of amides is 1. The Morgan fingerprint density at radius 2 is 1.80 bits per heavy atom. The summed E-state index contributed by atoms with van der Waals surface area (Å²) in [6.45, 7) is -0.756. The molecule has 0 aromatic heterocycles. The molecule has 1 aliphatic carbocycles. The van der Waals surface area contributed by atoms with Crippen LogP contribution < -0.4 is 9.75 Å². The highest BCUT2D eigenvalue weighted by Crippen LogP contribution is 2.38. The highest BCUT2D eigenvalue weighted by molar-refractivity contribution is 8.03. The number of carboxylic acid groups (broad SMARTS) is 1. The molecule has 0 bridgehead atoms. The van der Waals surface area contributed by atoms with Gasteiger partial charge in [-0.1, -0.05) is 11.8 Å². The van der Waals surface area contributed by atoms with E-state index in [0.717, 1.165) is 22.2 Å². The van der Waals surface area contributed by atoms with Crippen molar-refractivity contribution < 1.29 is 41.0 Å². The van der Waals surface area contributed by atoms with Gasteiger partial charge in [0.2, 0.25) is 0 Å². The van der Waals surface area contributed by atoms with E-state index in [4.69, 9.17) is 4.74 Å². The van der Waals surface area contributed by atoms with Crippen LogP contribution in [0.4, 0.5) is 18.9 Å². The summed E-state index contributed by atoms with van der Waals surface area (Å²) < 4.78 is 71.7. The van der Waals surface area contributed by atoms with Crippen molar-refractivity contribution in [1.82, 2.24) is 5.01 Å². The van der Waals surface area contributed by atoms with Gasteiger partial charge in [-0.05, 0) is 49.2 Å². The van der Waals surface area contributed by atoms with Gasteiger partial charge in [-0.15, -0.1) is 0 Å². The van der Waals surface area contributed by atoms with E-state index >= 15 is 0 Å². The lowest BCUT2D eigenvalue weighted by Gasteiger charge is -2.34. The van der Waals surface area contributed by atoms with Crippen LogP contribution in [0.15, 0.2) is 58.2 Å². The highest BCUT2D eigenvalue weighted by Gasteiger charge is 2.38. The van der Waals surface area contributed by atoms with Crippen LogP contribution in [0.2, 0.25) is 0 Å². The summed E-state index contributed by atoms with van der Waals surface area (Å²) in [5.41, 5.74) is -0.162. The van der Waals surface area contributed by atoms with Gasteiger partial charge in [0.05, 0.1) is 33.8 Å². The average molecular weight is 529 g/mol. The number of hydrogen-bond donors (Lipinski definition) is 1. The average Bonchev–Trinajstić information content (AvgIpc) is 3.61. The fourth-order valence-electron chi connectivity index (χ4n) is 3.42. The normalized spacial score (nSPS) is 15.9. The van der Waals surface area contributed by atoms with Crippen molar-refractivity contribution in [3.8, 4) is 5.75 Å². The number of carboxylic acids is 1. The number of benzene rings is 2. The fourth-order valence-corrected chi connectivity index (χ4v) is 5.93. The monoisotopic (exact) mass is 528 g/mol. The van der Waals surface area contributed by atoms with Crippen molar-refractivity contribution in [2.24, 2.45) is 0 Å². The zero-order chi connectivity index (χ0) is 25.3. The van der Waals surface area contributed by atoms with Crippen molar-refractivity contribution in [3.63, 3.8) is 0 Å². The molecule has 0 radical (unpaired) electrons. The highest BCUT2D eigenvalue weighted by atomic mass is 32.2. The van der Waals surface area contributed by atoms with Crippen LogP contribution in [0.25, 0.3) is 0 Å². The molecular formula is C22H19F3N2O6S2. The van der Waals surface area contributed by atoms with Crippen LogP contribution in [0.3, 0.4) is 0 Å². The molecule has 1 amide bonds. The van der Waals surface area contributed by atoms with E-state index in [1.807, 2.05) is 0 Å². The number of thioether (sulfide) groups is 1. The Hall–Kier alpha value is -3.19. The number of rotatable bonds is 9. The summed E-state index contributed by atoms with van der Waals surface area (Å²) in [5.74, 6) is -4.57. The molecule has 4 rings (SSSR count). The van der Waals surface area contributed by atoms with E-state index in [9.17, 15) is 36.3 Å². The summed E-state index contributed by atoms with van der Waals surface area (Å²) in [6.07, 6.45) is 0.420. The molecule has 1 fully saturated rings. The Morgan fingerprint density at radius 1 is 1.11 bits per heavy atom.